The average Bonchev–Trinajstić information content (AvgIpc) is 3.14. The summed E-state index contributed by atoms with van der Waals surface area (Å²) in [6.45, 7) is 2.25. The van der Waals surface area contributed by atoms with Crippen molar-refractivity contribution >= 4 is 28.5 Å². The van der Waals surface area contributed by atoms with Gasteiger partial charge in [-0.15, -0.1) is 0 Å². The lowest BCUT2D eigenvalue weighted by Gasteiger charge is -2.32. The van der Waals surface area contributed by atoms with Gasteiger partial charge >= 0.3 is 0 Å². The molecule has 25 heavy (non-hydrogen) atoms. The Kier molecular flexibility index (Phi) is 4.33. The van der Waals surface area contributed by atoms with Crippen LogP contribution in [0.1, 0.15) is 18.5 Å². The van der Waals surface area contributed by atoms with Gasteiger partial charge in [0.05, 0.1) is 29.5 Å². The number of hydrogen-bond acceptors (Lipinski definition) is 7. The molecule has 1 aromatic heterocycles. The summed E-state index contributed by atoms with van der Waals surface area (Å²) < 4.78 is 5.41. The number of nitrogens with zero attached hydrogens (tertiary/aromatic N) is 3. The molecule has 0 spiro atoms. The Morgan fingerprint density at radius 3 is 2.96 bits per heavy atom. The second kappa shape index (κ2) is 6.78. The minimum Gasteiger partial charge on any atom is -0.387 e. The van der Waals surface area contributed by atoms with Crippen LogP contribution in [-0.2, 0) is 4.74 Å². The van der Waals surface area contributed by atoms with Gasteiger partial charge in [0.25, 0.3) is 0 Å². The Morgan fingerprint density at radius 2 is 2.24 bits per heavy atom. The Labute approximate surface area is 146 Å². The van der Waals surface area contributed by atoms with Crippen molar-refractivity contribution in [1.82, 2.24) is 15.3 Å². The third kappa shape index (κ3) is 3.33. The minimum absolute atomic E-state index is 0.294. The topological polar surface area (TPSA) is 100 Å². The molecular weight excluding hydrogens is 316 g/mol. The molecule has 4 N–H and O–H groups in total. The summed E-state index contributed by atoms with van der Waals surface area (Å²) in [4.78, 5) is 11.4. The van der Waals surface area contributed by atoms with Crippen LogP contribution < -0.4 is 16.0 Å². The summed E-state index contributed by atoms with van der Waals surface area (Å²) in [5.74, 6) is 0. The first-order valence-corrected chi connectivity index (χ1v) is 8.55. The normalized spacial score (nSPS) is 23.6. The van der Waals surface area contributed by atoms with Gasteiger partial charge in [0, 0.05) is 42.3 Å². The SMILES string of the molecule is N=C/C(=C\NC1CC(N)C1)c1cnc2ccc(N3CCOC3)cc2n1. The van der Waals surface area contributed by atoms with Gasteiger partial charge in [-0.25, -0.2) is 4.98 Å². The van der Waals surface area contributed by atoms with Crippen LogP contribution in [0.5, 0.6) is 0 Å². The molecule has 2 aromatic rings. The van der Waals surface area contributed by atoms with Crippen molar-refractivity contribution in [3.63, 3.8) is 0 Å². The number of rotatable bonds is 5. The van der Waals surface area contributed by atoms with Gasteiger partial charge < -0.3 is 26.1 Å². The Bertz CT molecular complexity index is 808. The highest BCUT2D eigenvalue weighted by atomic mass is 16.5. The van der Waals surface area contributed by atoms with E-state index in [4.69, 9.17) is 20.9 Å². The molecule has 4 rings (SSSR count). The van der Waals surface area contributed by atoms with Crippen molar-refractivity contribution in [3.8, 4) is 0 Å². The van der Waals surface area contributed by atoms with E-state index in [0.717, 1.165) is 42.7 Å². The summed E-state index contributed by atoms with van der Waals surface area (Å²) in [7, 11) is 0. The molecular formula is C18H22N6O. The third-order valence-electron chi connectivity index (χ3n) is 4.74. The van der Waals surface area contributed by atoms with Crippen molar-refractivity contribution in [2.45, 2.75) is 24.9 Å². The van der Waals surface area contributed by atoms with Crippen LogP contribution >= 0.6 is 0 Å². The quantitative estimate of drug-likeness (QED) is 0.714. The van der Waals surface area contributed by atoms with Crippen LogP contribution in [0.2, 0.25) is 0 Å². The van der Waals surface area contributed by atoms with Crippen molar-refractivity contribution in [2.75, 3.05) is 24.8 Å². The summed E-state index contributed by atoms with van der Waals surface area (Å²) >= 11 is 0. The fourth-order valence-electron chi connectivity index (χ4n) is 3.15. The molecule has 2 heterocycles. The highest BCUT2D eigenvalue weighted by molar-refractivity contribution is 6.07. The first-order chi connectivity index (χ1) is 12.2. The van der Waals surface area contributed by atoms with E-state index < -0.39 is 0 Å². The van der Waals surface area contributed by atoms with E-state index >= 15 is 0 Å². The van der Waals surface area contributed by atoms with Crippen LogP contribution in [0.4, 0.5) is 5.69 Å². The fourth-order valence-corrected chi connectivity index (χ4v) is 3.15. The number of hydrogen-bond donors (Lipinski definition) is 3. The van der Waals surface area contributed by atoms with Crippen LogP contribution in [0.15, 0.2) is 30.6 Å². The number of allylic oxidation sites excluding steroid dienone is 1. The lowest BCUT2D eigenvalue weighted by atomic mass is 9.88. The third-order valence-corrected chi connectivity index (χ3v) is 4.74. The Morgan fingerprint density at radius 1 is 1.36 bits per heavy atom. The average molecular weight is 338 g/mol. The van der Waals surface area contributed by atoms with Gasteiger partial charge in [0.1, 0.15) is 6.73 Å². The monoisotopic (exact) mass is 338 g/mol. The molecule has 1 aliphatic carbocycles. The van der Waals surface area contributed by atoms with Crippen molar-refractivity contribution in [2.24, 2.45) is 5.73 Å². The molecule has 1 aliphatic heterocycles. The van der Waals surface area contributed by atoms with Crippen LogP contribution in [0.25, 0.3) is 16.6 Å². The highest BCUT2D eigenvalue weighted by Gasteiger charge is 2.24. The zero-order chi connectivity index (χ0) is 17.2. The van der Waals surface area contributed by atoms with Crippen molar-refractivity contribution in [3.05, 3.63) is 36.3 Å². The summed E-state index contributed by atoms with van der Waals surface area (Å²) in [5.41, 5.74) is 9.95. The van der Waals surface area contributed by atoms with Crippen LogP contribution in [0, 0.1) is 5.41 Å². The molecule has 7 nitrogen and oxygen atoms in total. The second-order valence-corrected chi connectivity index (χ2v) is 6.57. The summed E-state index contributed by atoms with van der Waals surface area (Å²) in [6.07, 6.45) is 6.79. The standard InChI is InChI=1S/C18H22N6O/c19-8-12(9-21-14-5-13(20)6-14)18-10-22-16-2-1-15(7-17(16)23-18)24-3-4-25-11-24/h1-2,7-10,13-14,19,21H,3-6,11,20H2/b12-9+,19-8?. The first-order valence-electron chi connectivity index (χ1n) is 8.55. The Balaban J connectivity index is 1.59. The summed E-state index contributed by atoms with van der Waals surface area (Å²) in [5, 5.41) is 11.0. The van der Waals surface area contributed by atoms with Gasteiger partial charge in [-0.2, -0.15) is 0 Å². The number of ether oxygens (including phenoxy) is 1. The maximum atomic E-state index is 7.69. The smallest absolute Gasteiger partial charge is 0.119 e. The largest absolute Gasteiger partial charge is 0.387 e. The number of benzene rings is 1. The molecule has 1 saturated carbocycles. The van der Waals surface area contributed by atoms with Gasteiger partial charge in [-0.3, -0.25) is 4.98 Å². The molecule has 2 aliphatic rings. The first kappa shape index (κ1) is 16.0. The van der Waals surface area contributed by atoms with Crippen molar-refractivity contribution in [1.29, 1.82) is 5.41 Å². The maximum absolute atomic E-state index is 7.69. The molecule has 0 bridgehead atoms. The van der Waals surface area contributed by atoms with Gasteiger partial charge in [-0.05, 0) is 31.0 Å². The number of fused-ring (bicyclic) bond motifs is 1. The second-order valence-electron chi connectivity index (χ2n) is 6.57. The Hall–Kier alpha value is -2.51. The zero-order valence-corrected chi connectivity index (χ0v) is 14.0. The molecule has 130 valence electrons. The van der Waals surface area contributed by atoms with E-state index in [9.17, 15) is 0 Å². The van der Waals surface area contributed by atoms with E-state index in [2.05, 4.69) is 15.2 Å². The van der Waals surface area contributed by atoms with Crippen molar-refractivity contribution < 1.29 is 4.74 Å². The predicted molar refractivity (Wildman–Crippen MR) is 98.6 cm³/mol. The molecule has 0 unspecified atom stereocenters. The van der Waals surface area contributed by atoms with Gasteiger partial charge in [0.2, 0.25) is 0 Å². The molecule has 0 amide bonds. The van der Waals surface area contributed by atoms with E-state index in [0.29, 0.717) is 30.1 Å². The lowest BCUT2D eigenvalue weighted by Crippen LogP contribution is -2.46. The molecule has 0 atom stereocenters. The fraction of sp³-hybridized carbons (Fsp3) is 0.389. The molecule has 7 heteroatoms. The number of nitrogens with two attached hydrogens (primary N) is 1. The van der Waals surface area contributed by atoms with E-state index in [1.807, 2.05) is 24.4 Å². The van der Waals surface area contributed by atoms with Crippen LogP contribution in [0.3, 0.4) is 0 Å². The number of anilines is 1. The molecule has 1 aromatic carbocycles. The van der Waals surface area contributed by atoms with E-state index in [1.165, 1.54) is 6.21 Å². The predicted octanol–water partition coefficient (Wildman–Crippen LogP) is 1.49. The summed E-state index contributed by atoms with van der Waals surface area (Å²) in [6, 6.07) is 6.73. The highest BCUT2D eigenvalue weighted by Crippen LogP contribution is 2.23. The molecule has 1 saturated heterocycles. The van der Waals surface area contributed by atoms with E-state index in [1.54, 1.807) is 6.20 Å². The molecule has 2 fully saturated rings. The van der Waals surface area contributed by atoms with Gasteiger partial charge in [-0.1, -0.05) is 0 Å². The van der Waals surface area contributed by atoms with E-state index in [-0.39, 0.29) is 0 Å². The minimum atomic E-state index is 0.294. The number of nitrogens with one attached hydrogen (secondary N) is 2. The number of aromatic nitrogens is 2. The lowest BCUT2D eigenvalue weighted by molar-refractivity contribution is 0.201. The maximum Gasteiger partial charge on any atom is 0.119 e. The van der Waals surface area contributed by atoms with Crippen LogP contribution in [-0.4, -0.2) is 48.1 Å². The zero-order valence-electron chi connectivity index (χ0n) is 14.0. The molecule has 0 radical (unpaired) electrons. The van der Waals surface area contributed by atoms with Gasteiger partial charge in [0.15, 0.2) is 0 Å².